The lowest BCUT2D eigenvalue weighted by Gasteiger charge is -2.07. The van der Waals surface area contributed by atoms with Crippen LogP contribution in [0, 0.1) is 11.6 Å². The highest BCUT2D eigenvalue weighted by molar-refractivity contribution is 5.95. The molecule has 0 spiro atoms. The van der Waals surface area contributed by atoms with Crippen LogP contribution in [0.4, 0.5) is 14.5 Å². The number of nitrogen functional groups attached to an aromatic ring is 1. The Hall–Kier alpha value is -2.50. The summed E-state index contributed by atoms with van der Waals surface area (Å²) in [4.78, 5) is 15.7. The van der Waals surface area contributed by atoms with E-state index in [2.05, 4.69) is 10.3 Å². The third kappa shape index (κ3) is 3.28. The van der Waals surface area contributed by atoms with Crippen molar-refractivity contribution in [2.24, 2.45) is 0 Å². The van der Waals surface area contributed by atoms with Gasteiger partial charge in [-0.1, -0.05) is 6.07 Å². The summed E-state index contributed by atoms with van der Waals surface area (Å²) in [6.45, 7) is 0.321. The monoisotopic (exact) mass is 277 g/mol. The summed E-state index contributed by atoms with van der Waals surface area (Å²) in [5.74, 6) is -2.44. The topological polar surface area (TPSA) is 68.0 Å². The highest BCUT2D eigenvalue weighted by Gasteiger charge is 2.14. The Morgan fingerprint density at radius 2 is 2.10 bits per heavy atom. The quantitative estimate of drug-likeness (QED) is 0.839. The maximum absolute atomic E-state index is 13.5. The van der Waals surface area contributed by atoms with Crippen molar-refractivity contribution in [2.75, 3.05) is 12.3 Å². The van der Waals surface area contributed by atoms with E-state index in [1.54, 1.807) is 18.5 Å². The van der Waals surface area contributed by atoms with Crippen LogP contribution in [0.2, 0.25) is 0 Å². The highest BCUT2D eigenvalue weighted by atomic mass is 19.1. The zero-order valence-corrected chi connectivity index (χ0v) is 10.6. The fourth-order valence-corrected chi connectivity index (χ4v) is 1.70. The molecule has 1 aromatic heterocycles. The molecule has 0 aliphatic rings. The number of hydrogen-bond acceptors (Lipinski definition) is 3. The van der Waals surface area contributed by atoms with Crippen LogP contribution >= 0.6 is 0 Å². The number of aromatic nitrogens is 1. The van der Waals surface area contributed by atoms with E-state index in [4.69, 9.17) is 5.73 Å². The van der Waals surface area contributed by atoms with Crippen molar-refractivity contribution in [1.82, 2.24) is 10.3 Å². The number of nitrogens with one attached hydrogen (secondary N) is 1. The third-order valence-electron chi connectivity index (χ3n) is 2.75. The minimum Gasteiger partial charge on any atom is -0.396 e. The summed E-state index contributed by atoms with van der Waals surface area (Å²) >= 11 is 0. The van der Waals surface area contributed by atoms with E-state index >= 15 is 0 Å². The van der Waals surface area contributed by atoms with Crippen LogP contribution in [0.5, 0.6) is 0 Å². The summed E-state index contributed by atoms with van der Waals surface area (Å²) in [5, 5.41) is 2.55. The predicted octanol–water partition coefficient (Wildman–Crippen LogP) is 1.91. The predicted molar refractivity (Wildman–Crippen MR) is 71.0 cm³/mol. The fraction of sp³-hybridized carbons (Fsp3) is 0.143. The van der Waals surface area contributed by atoms with Crippen molar-refractivity contribution in [3.05, 3.63) is 59.4 Å². The Morgan fingerprint density at radius 1 is 1.30 bits per heavy atom. The molecule has 104 valence electrons. The van der Waals surface area contributed by atoms with Crippen LogP contribution in [0.25, 0.3) is 0 Å². The molecule has 2 rings (SSSR count). The van der Waals surface area contributed by atoms with Gasteiger partial charge < -0.3 is 11.1 Å². The number of nitrogens with two attached hydrogens (primary N) is 1. The highest BCUT2D eigenvalue weighted by Crippen LogP contribution is 2.16. The van der Waals surface area contributed by atoms with Crippen molar-refractivity contribution in [1.29, 1.82) is 0 Å². The van der Waals surface area contributed by atoms with Gasteiger partial charge in [0.15, 0.2) is 0 Å². The lowest BCUT2D eigenvalue weighted by atomic mass is 10.1. The van der Waals surface area contributed by atoms with E-state index in [1.165, 1.54) is 0 Å². The normalized spacial score (nSPS) is 10.3. The van der Waals surface area contributed by atoms with E-state index in [1.807, 2.05) is 6.07 Å². The summed E-state index contributed by atoms with van der Waals surface area (Å²) in [7, 11) is 0. The van der Waals surface area contributed by atoms with Crippen molar-refractivity contribution in [3.63, 3.8) is 0 Å². The van der Waals surface area contributed by atoms with Crippen LogP contribution in [-0.2, 0) is 6.42 Å². The molecule has 1 aromatic carbocycles. The molecule has 3 N–H and O–H groups in total. The van der Waals surface area contributed by atoms with E-state index in [0.29, 0.717) is 19.0 Å². The van der Waals surface area contributed by atoms with Crippen molar-refractivity contribution < 1.29 is 13.6 Å². The van der Waals surface area contributed by atoms with Gasteiger partial charge in [0.1, 0.15) is 11.6 Å². The molecule has 0 aliphatic carbocycles. The molecule has 0 unspecified atom stereocenters. The Kier molecular flexibility index (Phi) is 4.24. The standard InChI is InChI=1S/C14H13F2N3O/c15-11-7-12(16)13(17)6-10(11)14(20)19-5-3-9-2-1-4-18-8-9/h1-2,4,6-8H,3,5,17H2,(H,19,20). The Bertz CT molecular complexity index is 617. The average Bonchev–Trinajstić information content (AvgIpc) is 2.44. The molecule has 0 radical (unpaired) electrons. The summed E-state index contributed by atoms with van der Waals surface area (Å²) < 4.78 is 26.5. The molecule has 0 atom stereocenters. The molecule has 6 heteroatoms. The zero-order valence-electron chi connectivity index (χ0n) is 10.6. The second-order valence-corrected chi connectivity index (χ2v) is 4.22. The number of benzene rings is 1. The summed E-state index contributed by atoms with van der Waals surface area (Å²) in [6, 6.07) is 5.25. The number of anilines is 1. The molecule has 0 aliphatic heterocycles. The molecule has 0 fully saturated rings. The van der Waals surface area contributed by atoms with Crippen LogP contribution < -0.4 is 11.1 Å². The summed E-state index contributed by atoms with van der Waals surface area (Å²) in [6.07, 6.45) is 3.90. The molecule has 0 bridgehead atoms. The fourth-order valence-electron chi connectivity index (χ4n) is 1.70. The van der Waals surface area contributed by atoms with Gasteiger partial charge in [0.2, 0.25) is 0 Å². The number of pyridine rings is 1. The van der Waals surface area contributed by atoms with Crippen molar-refractivity contribution in [3.8, 4) is 0 Å². The van der Waals surface area contributed by atoms with Crippen LogP contribution in [0.1, 0.15) is 15.9 Å². The van der Waals surface area contributed by atoms with Crippen LogP contribution in [0.15, 0.2) is 36.7 Å². The molecule has 0 saturated heterocycles. The summed E-state index contributed by atoms with van der Waals surface area (Å²) in [5.41, 5.74) is 5.74. The Labute approximate surface area is 114 Å². The van der Waals surface area contributed by atoms with Gasteiger partial charge in [0.05, 0.1) is 11.3 Å². The molecular weight excluding hydrogens is 264 g/mol. The Balaban J connectivity index is 1.97. The van der Waals surface area contributed by atoms with E-state index in [9.17, 15) is 13.6 Å². The number of nitrogens with zero attached hydrogens (tertiary/aromatic N) is 1. The molecule has 4 nitrogen and oxygen atoms in total. The lowest BCUT2D eigenvalue weighted by molar-refractivity contribution is 0.0950. The van der Waals surface area contributed by atoms with Gasteiger partial charge >= 0.3 is 0 Å². The average molecular weight is 277 g/mol. The first-order valence-corrected chi connectivity index (χ1v) is 5.99. The lowest BCUT2D eigenvalue weighted by Crippen LogP contribution is -2.26. The van der Waals surface area contributed by atoms with Gasteiger partial charge in [-0.05, 0) is 24.1 Å². The SMILES string of the molecule is Nc1cc(C(=O)NCCc2cccnc2)c(F)cc1F. The van der Waals surface area contributed by atoms with Gasteiger partial charge in [-0.25, -0.2) is 8.78 Å². The second-order valence-electron chi connectivity index (χ2n) is 4.22. The van der Waals surface area contributed by atoms with Gasteiger partial charge in [-0.15, -0.1) is 0 Å². The number of amides is 1. The van der Waals surface area contributed by atoms with Gasteiger partial charge in [-0.2, -0.15) is 0 Å². The number of rotatable bonds is 4. The van der Waals surface area contributed by atoms with Crippen LogP contribution in [0.3, 0.4) is 0 Å². The molecule has 1 amide bonds. The number of carbonyl (C=O) groups is 1. The van der Waals surface area contributed by atoms with Crippen LogP contribution in [-0.4, -0.2) is 17.4 Å². The van der Waals surface area contributed by atoms with E-state index in [-0.39, 0.29) is 11.3 Å². The van der Waals surface area contributed by atoms with Gasteiger partial charge in [0.25, 0.3) is 5.91 Å². The Morgan fingerprint density at radius 3 is 2.80 bits per heavy atom. The first-order valence-electron chi connectivity index (χ1n) is 5.99. The molecule has 20 heavy (non-hydrogen) atoms. The number of carbonyl (C=O) groups excluding carboxylic acids is 1. The van der Waals surface area contributed by atoms with Crippen molar-refractivity contribution >= 4 is 11.6 Å². The van der Waals surface area contributed by atoms with Gasteiger partial charge in [0, 0.05) is 25.0 Å². The van der Waals surface area contributed by atoms with E-state index < -0.39 is 17.5 Å². The minimum absolute atomic E-state index is 0.260. The largest absolute Gasteiger partial charge is 0.396 e. The third-order valence-corrected chi connectivity index (χ3v) is 2.75. The smallest absolute Gasteiger partial charge is 0.254 e. The molecule has 0 saturated carbocycles. The number of hydrogen-bond donors (Lipinski definition) is 2. The van der Waals surface area contributed by atoms with E-state index in [0.717, 1.165) is 11.6 Å². The first kappa shape index (κ1) is 13.9. The maximum atomic E-state index is 13.5. The minimum atomic E-state index is -0.935. The molecule has 1 heterocycles. The number of halogens is 2. The second kappa shape index (κ2) is 6.10. The molecular formula is C14H13F2N3O. The van der Waals surface area contributed by atoms with Crippen molar-refractivity contribution in [2.45, 2.75) is 6.42 Å². The first-order chi connectivity index (χ1) is 9.58. The molecule has 2 aromatic rings. The van der Waals surface area contributed by atoms with Gasteiger partial charge in [-0.3, -0.25) is 9.78 Å². The maximum Gasteiger partial charge on any atom is 0.254 e. The zero-order chi connectivity index (χ0) is 14.5.